The number of benzene rings is 3. The van der Waals surface area contributed by atoms with Crippen LogP contribution in [-0.4, -0.2) is 26.8 Å². The van der Waals surface area contributed by atoms with Crippen molar-refractivity contribution in [3.63, 3.8) is 0 Å². The second-order valence-electron chi connectivity index (χ2n) is 6.94. The average Bonchev–Trinajstić information content (AvgIpc) is 3.16. The molecule has 0 aliphatic rings. The van der Waals surface area contributed by atoms with Crippen molar-refractivity contribution >= 4 is 36.8 Å². The van der Waals surface area contributed by atoms with E-state index in [9.17, 15) is 16.8 Å². The Kier molecular flexibility index (Phi) is 4.87. The zero-order valence-electron chi connectivity index (χ0n) is 16.3. The fraction of sp³-hybridized carbons (Fsp3) is 0.0952. The van der Waals surface area contributed by atoms with Crippen LogP contribution in [0, 0.1) is 13.8 Å². The van der Waals surface area contributed by atoms with Crippen molar-refractivity contribution < 1.29 is 16.8 Å². The fourth-order valence-corrected chi connectivity index (χ4v) is 6.73. The van der Waals surface area contributed by atoms with Crippen molar-refractivity contribution in [2.45, 2.75) is 23.6 Å². The molecule has 0 radical (unpaired) electrons. The maximum Gasteiger partial charge on any atom is 0.277 e. The first kappa shape index (κ1) is 20.1. The molecule has 0 bridgehead atoms. The second-order valence-corrected chi connectivity index (χ2v) is 10.7. The lowest BCUT2D eigenvalue weighted by Gasteiger charge is -2.24. The summed E-state index contributed by atoms with van der Waals surface area (Å²) in [6.07, 6.45) is 1.46. The van der Waals surface area contributed by atoms with Crippen LogP contribution in [0.25, 0.3) is 11.0 Å². The Morgan fingerprint density at radius 2 is 1.23 bits per heavy atom. The van der Waals surface area contributed by atoms with Crippen LogP contribution in [0.15, 0.2) is 82.8 Å². The number of fused-ring (bicyclic) bond motifs is 1. The van der Waals surface area contributed by atoms with E-state index in [1.165, 1.54) is 42.7 Å². The number of aryl methyl sites for hydroxylation is 2. The molecular formula is C21H19N3O4S2. The first-order valence-electron chi connectivity index (χ1n) is 9.06. The molecule has 0 fully saturated rings. The molecule has 0 aliphatic heterocycles. The molecule has 154 valence electrons. The topological polar surface area (TPSA) is 100 Å². The van der Waals surface area contributed by atoms with E-state index in [2.05, 4.69) is 9.97 Å². The Morgan fingerprint density at radius 3 is 1.73 bits per heavy atom. The summed E-state index contributed by atoms with van der Waals surface area (Å²) < 4.78 is 54.6. The minimum Gasteiger partial charge on any atom is -0.345 e. The van der Waals surface area contributed by atoms with Crippen molar-refractivity contribution in [1.82, 2.24) is 9.97 Å². The van der Waals surface area contributed by atoms with Crippen molar-refractivity contribution in [2.24, 2.45) is 0 Å². The summed E-state index contributed by atoms with van der Waals surface area (Å²) >= 11 is 0. The Bertz CT molecular complexity index is 1350. The molecule has 0 spiro atoms. The first-order chi connectivity index (χ1) is 14.2. The molecular weight excluding hydrogens is 422 g/mol. The van der Waals surface area contributed by atoms with E-state index in [1.54, 1.807) is 30.3 Å². The van der Waals surface area contributed by atoms with E-state index < -0.39 is 20.0 Å². The van der Waals surface area contributed by atoms with Crippen LogP contribution < -0.4 is 3.71 Å². The van der Waals surface area contributed by atoms with Crippen molar-refractivity contribution in [1.29, 1.82) is 0 Å². The summed E-state index contributed by atoms with van der Waals surface area (Å²) in [4.78, 5) is 6.76. The minimum absolute atomic E-state index is 0.00657. The number of sulfonamides is 2. The van der Waals surface area contributed by atoms with Gasteiger partial charge in [0.1, 0.15) is 0 Å². The molecule has 0 atom stereocenters. The summed E-state index contributed by atoms with van der Waals surface area (Å²) in [6.45, 7) is 3.65. The molecule has 0 amide bonds. The third-order valence-electron chi connectivity index (χ3n) is 4.69. The van der Waals surface area contributed by atoms with Gasteiger partial charge in [-0.15, -0.1) is 0 Å². The van der Waals surface area contributed by atoms with Gasteiger partial charge in [-0.1, -0.05) is 35.4 Å². The van der Waals surface area contributed by atoms with Crippen molar-refractivity contribution in [3.05, 3.63) is 84.2 Å². The highest BCUT2D eigenvalue weighted by Gasteiger charge is 2.37. The summed E-state index contributed by atoms with van der Waals surface area (Å²) in [5, 5.41) is 0. The van der Waals surface area contributed by atoms with Crippen molar-refractivity contribution in [3.8, 4) is 0 Å². The minimum atomic E-state index is -4.43. The molecule has 1 aromatic heterocycles. The number of nitrogens with one attached hydrogen (secondary N) is 1. The summed E-state index contributed by atoms with van der Waals surface area (Å²) in [7, 11) is -8.85. The first-order valence-corrected chi connectivity index (χ1v) is 11.9. The van der Waals surface area contributed by atoms with Crippen LogP contribution in [0.4, 0.5) is 5.69 Å². The lowest BCUT2D eigenvalue weighted by Crippen LogP contribution is -2.37. The van der Waals surface area contributed by atoms with Crippen LogP contribution in [-0.2, 0) is 20.0 Å². The third-order valence-corrected chi connectivity index (χ3v) is 8.90. The Morgan fingerprint density at radius 1 is 0.733 bits per heavy atom. The van der Waals surface area contributed by atoms with E-state index in [-0.39, 0.29) is 15.5 Å². The number of hydrogen-bond donors (Lipinski definition) is 1. The van der Waals surface area contributed by atoms with Gasteiger partial charge in [-0.25, -0.2) is 21.8 Å². The normalized spacial score (nSPS) is 12.2. The Labute approximate surface area is 175 Å². The maximum absolute atomic E-state index is 13.5. The lowest BCUT2D eigenvalue weighted by atomic mass is 10.2. The summed E-state index contributed by atoms with van der Waals surface area (Å²) in [5.41, 5.74) is 2.84. The molecule has 30 heavy (non-hydrogen) atoms. The molecule has 4 aromatic rings. The molecule has 0 saturated carbocycles. The molecule has 1 N–H and O–H groups in total. The van der Waals surface area contributed by atoms with Gasteiger partial charge in [0, 0.05) is 0 Å². The predicted octanol–water partition coefficient (Wildman–Crippen LogP) is 3.76. The van der Waals surface area contributed by atoms with Crippen LogP contribution in [0.2, 0.25) is 0 Å². The Balaban J connectivity index is 1.97. The maximum atomic E-state index is 13.5. The van der Waals surface area contributed by atoms with Gasteiger partial charge < -0.3 is 4.98 Å². The van der Waals surface area contributed by atoms with Crippen LogP contribution in [0.3, 0.4) is 0 Å². The number of hydrogen-bond acceptors (Lipinski definition) is 5. The van der Waals surface area contributed by atoms with Gasteiger partial charge in [-0.2, -0.15) is 3.71 Å². The molecule has 0 saturated heterocycles. The number of H-pyrrole nitrogens is 1. The van der Waals surface area contributed by atoms with E-state index in [0.717, 1.165) is 11.1 Å². The Hall–Kier alpha value is -3.17. The molecule has 0 unspecified atom stereocenters. The van der Waals surface area contributed by atoms with Gasteiger partial charge >= 0.3 is 0 Å². The standard InChI is InChI=1S/C21H19N3O4S2/c1-15-3-8-18(9-4-15)29(25,26)24(17-7-12-20-21(13-17)23-14-22-20)30(27,28)19-10-5-16(2)6-11-19/h3-14H,1-2H3,(H,22,23). The quantitative estimate of drug-likeness (QED) is 0.508. The van der Waals surface area contributed by atoms with Crippen LogP contribution in [0.1, 0.15) is 11.1 Å². The number of nitrogens with zero attached hydrogens (tertiary/aromatic N) is 2. The van der Waals surface area contributed by atoms with Gasteiger partial charge in [0.2, 0.25) is 0 Å². The zero-order valence-corrected chi connectivity index (χ0v) is 17.9. The number of aromatic amines is 1. The van der Waals surface area contributed by atoms with Gasteiger partial charge in [0.25, 0.3) is 20.0 Å². The molecule has 4 rings (SSSR count). The largest absolute Gasteiger partial charge is 0.345 e. The van der Waals surface area contributed by atoms with E-state index in [1.807, 2.05) is 13.8 Å². The molecule has 3 aromatic carbocycles. The van der Waals surface area contributed by atoms with Crippen molar-refractivity contribution in [2.75, 3.05) is 3.71 Å². The number of rotatable bonds is 5. The highest BCUT2D eigenvalue weighted by molar-refractivity contribution is 8.10. The van der Waals surface area contributed by atoms with E-state index >= 15 is 0 Å². The van der Waals surface area contributed by atoms with Gasteiger partial charge in [0.05, 0.1) is 32.8 Å². The van der Waals surface area contributed by atoms with Crippen LogP contribution >= 0.6 is 0 Å². The fourth-order valence-electron chi connectivity index (χ4n) is 3.06. The molecule has 9 heteroatoms. The van der Waals surface area contributed by atoms with Gasteiger partial charge in [-0.05, 0) is 56.3 Å². The third kappa shape index (κ3) is 3.46. The molecule has 0 aliphatic carbocycles. The molecule has 1 heterocycles. The zero-order chi connectivity index (χ0) is 21.5. The van der Waals surface area contributed by atoms with E-state index in [0.29, 0.717) is 14.7 Å². The monoisotopic (exact) mass is 441 g/mol. The highest BCUT2D eigenvalue weighted by Crippen LogP contribution is 2.32. The number of aromatic nitrogens is 2. The highest BCUT2D eigenvalue weighted by atomic mass is 32.3. The molecule has 7 nitrogen and oxygen atoms in total. The summed E-state index contributed by atoms with van der Waals surface area (Å²) in [6, 6.07) is 16.6. The van der Waals surface area contributed by atoms with Gasteiger partial charge in [-0.3, -0.25) is 0 Å². The summed E-state index contributed by atoms with van der Waals surface area (Å²) in [5.74, 6) is 0. The van der Waals surface area contributed by atoms with E-state index in [4.69, 9.17) is 0 Å². The average molecular weight is 442 g/mol. The van der Waals surface area contributed by atoms with Gasteiger partial charge in [0.15, 0.2) is 0 Å². The lowest BCUT2D eigenvalue weighted by molar-refractivity contribution is 0.584. The SMILES string of the molecule is Cc1ccc(S(=O)(=O)N(c2ccc3nc[nH]c3c2)S(=O)(=O)c2ccc(C)cc2)cc1. The number of imidazole rings is 1. The smallest absolute Gasteiger partial charge is 0.277 e. The second kappa shape index (κ2) is 7.26. The van der Waals surface area contributed by atoms with Crippen LogP contribution in [0.5, 0.6) is 0 Å². The number of anilines is 1. The predicted molar refractivity (Wildman–Crippen MR) is 115 cm³/mol.